The monoisotopic (exact) mass is 335 g/mol. The second kappa shape index (κ2) is 6.28. The van der Waals surface area contributed by atoms with Crippen LogP contribution in [0.4, 0.5) is 13.2 Å². The number of carbonyl (C=O) groups is 1. The lowest BCUT2D eigenvalue weighted by Crippen LogP contribution is -2.43. The molecule has 3 nitrogen and oxygen atoms in total. The van der Waals surface area contributed by atoms with Crippen molar-refractivity contribution < 1.29 is 23.1 Å². The van der Waals surface area contributed by atoms with Gasteiger partial charge in [-0.3, -0.25) is 4.79 Å². The van der Waals surface area contributed by atoms with E-state index in [1.807, 2.05) is 12.1 Å². The maximum absolute atomic E-state index is 13.7. The summed E-state index contributed by atoms with van der Waals surface area (Å²) in [5.41, 5.74) is -0.136. The van der Waals surface area contributed by atoms with Gasteiger partial charge in [0.2, 0.25) is 0 Å². The van der Waals surface area contributed by atoms with Crippen LogP contribution in [0.1, 0.15) is 34.3 Å². The largest absolute Gasteiger partial charge is 0.383 e. The average molecular weight is 335 g/mol. The first-order chi connectivity index (χ1) is 11.4. The second-order valence-corrected chi connectivity index (χ2v) is 5.95. The molecule has 2 N–H and O–H groups in total. The van der Waals surface area contributed by atoms with Crippen LogP contribution in [0.2, 0.25) is 0 Å². The van der Waals surface area contributed by atoms with Gasteiger partial charge in [0, 0.05) is 0 Å². The summed E-state index contributed by atoms with van der Waals surface area (Å²) in [4.78, 5) is 12.1. The summed E-state index contributed by atoms with van der Waals surface area (Å²) >= 11 is 0. The summed E-state index contributed by atoms with van der Waals surface area (Å²) in [6.07, 6.45) is 2.04. The molecule has 1 atom stereocenters. The number of hydrogen-bond donors (Lipinski definition) is 2. The van der Waals surface area contributed by atoms with E-state index in [9.17, 15) is 23.1 Å². The topological polar surface area (TPSA) is 49.3 Å². The maximum atomic E-state index is 13.7. The minimum absolute atomic E-state index is 0.138. The summed E-state index contributed by atoms with van der Waals surface area (Å²) in [6, 6.07) is 8.95. The van der Waals surface area contributed by atoms with Crippen LogP contribution in [0, 0.1) is 17.5 Å². The van der Waals surface area contributed by atoms with Crippen LogP contribution in [0.25, 0.3) is 0 Å². The van der Waals surface area contributed by atoms with Crippen LogP contribution in [-0.4, -0.2) is 17.6 Å². The van der Waals surface area contributed by atoms with Crippen molar-refractivity contribution in [2.75, 3.05) is 6.54 Å². The summed E-state index contributed by atoms with van der Waals surface area (Å²) in [7, 11) is 0. The Morgan fingerprint density at radius 1 is 1.12 bits per heavy atom. The number of aliphatic hydroxyl groups is 1. The molecule has 0 saturated heterocycles. The van der Waals surface area contributed by atoms with Crippen molar-refractivity contribution in [3.8, 4) is 0 Å². The van der Waals surface area contributed by atoms with Gasteiger partial charge in [-0.1, -0.05) is 24.3 Å². The second-order valence-electron chi connectivity index (χ2n) is 5.95. The van der Waals surface area contributed by atoms with Crippen LogP contribution >= 0.6 is 0 Å². The number of fused-ring (bicyclic) bond motifs is 1. The number of amides is 1. The zero-order valence-corrected chi connectivity index (χ0v) is 12.8. The third kappa shape index (κ3) is 2.89. The Kier molecular flexibility index (Phi) is 4.32. The van der Waals surface area contributed by atoms with Crippen molar-refractivity contribution in [2.45, 2.75) is 24.9 Å². The number of carbonyl (C=O) groups excluding carboxylic acids is 1. The summed E-state index contributed by atoms with van der Waals surface area (Å²) in [6.45, 7) is -0.138. The number of rotatable bonds is 3. The zero-order chi connectivity index (χ0) is 17.3. The molecule has 126 valence electrons. The molecule has 24 heavy (non-hydrogen) atoms. The van der Waals surface area contributed by atoms with Gasteiger partial charge < -0.3 is 10.4 Å². The van der Waals surface area contributed by atoms with E-state index in [-0.39, 0.29) is 6.54 Å². The van der Waals surface area contributed by atoms with Gasteiger partial charge in [-0.25, -0.2) is 13.2 Å². The molecule has 0 saturated carbocycles. The molecule has 1 amide bonds. The molecule has 0 fully saturated rings. The van der Waals surface area contributed by atoms with Gasteiger partial charge in [0.25, 0.3) is 5.91 Å². The van der Waals surface area contributed by atoms with Crippen LogP contribution in [0.15, 0.2) is 36.4 Å². The molecule has 3 rings (SSSR count). The SMILES string of the molecule is O=C(NCC1(O)CCCc2ccccc21)c1ccc(F)c(F)c1F. The lowest BCUT2D eigenvalue weighted by atomic mass is 9.79. The highest BCUT2D eigenvalue weighted by molar-refractivity contribution is 5.94. The van der Waals surface area contributed by atoms with Gasteiger partial charge in [-0.15, -0.1) is 0 Å². The predicted octanol–water partition coefficient (Wildman–Crippen LogP) is 3.06. The Hall–Kier alpha value is -2.34. The quantitative estimate of drug-likeness (QED) is 0.847. The lowest BCUT2D eigenvalue weighted by molar-refractivity contribution is 0.0189. The number of halogens is 3. The van der Waals surface area contributed by atoms with Crippen molar-refractivity contribution in [1.82, 2.24) is 5.32 Å². The average Bonchev–Trinajstić information content (AvgIpc) is 2.58. The Balaban J connectivity index is 1.79. The molecule has 0 aromatic heterocycles. The molecule has 0 bridgehead atoms. The number of aryl methyl sites for hydroxylation is 1. The van der Waals surface area contributed by atoms with Crippen molar-refractivity contribution in [1.29, 1.82) is 0 Å². The van der Waals surface area contributed by atoms with Crippen molar-refractivity contribution in [2.24, 2.45) is 0 Å². The fraction of sp³-hybridized carbons (Fsp3) is 0.278. The molecule has 0 heterocycles. The molecule has 0 radical (unpaired) electrons. The van der Waals surface area contributed by atoms with E-state index in [0.29, 0.717) is 12.5 Å². The van der Waals surface area contributed by atoms with Gasteiger partial charge in [-0.05, 0) is 42.5 Å². The van der Waals surface area contributed by atoms with Crippen LogP contribution in [0.5, 0.6) is 0 Å². The maximum Gasteiger partial charge on any atom is 0.254 e. The molecule has 1 aliphatic carbocycles. The first-order valence-corrected chi connectivity index (χ1v) is 7.65. The fourth-order valence-corrected chi connectivity index (χ4v) is 3.10. The Bertz CT molecular complexity index is 794. The van der Waals surface area contributed by atoms with E-state index < -0.39 is 34.5 Å². The van der Waals surface area contributed by atoms with Crippen LogP contribution in [-0.2, 0) is 12.0 Å². The van der Waals surface area contributed by atoms with Gasteiger partial charge in [0.1, 0.15) is 5.60 Å². The smallest absolute Gasteiger partial charge is 0.254 e. The van der Waals surface area contributed by atoms with Crippen LogP contribution in [0.3, 0.4) is 0 Å². The summed E-state index contributed by atoms with van der Waals surface area (Å²) in [5.74, 6) is -5.49. The third-order valence-corrected chi connectivity index (χ3v) is 4.38. The first kappa shape index (κ1) is 16.5. The molecule has 1 unspecified atom stereocenters. The third-order valence-electron chi connectivity index (χ3n) is 4.38. The van der Waals surface area contributed by atoms with E-state index in [2.05, 4.69) is 5.32 Å². The highest BCUT2D eigenvalue weighted by Gasteiger charge is 2.34. The highest BCUT2D eigenvalue weighted by atomic mass is 19.2. The Morgan fingerprint density at radius 2 is 1.88 bits per heavy atom. The van der Waals surface area contributed by atoms with Crippen LogP contribution < -0.4 is 5.32 Å². The van der Waals surface area contributed by atoms with Gasteiger partial charge in [0.05, 0.1) is 12.1 Å². The molecule has 1 aliphatic rings. The zero-order valence-electron chi connectivity index (χ0n) is 12.8. The molecular weight excluding hydrogens is 319 g/mol. The molecule has 2 aromatic carbocycles. The van der Waals surface area contributed by atoms with E-state index in [0.717, 1.165) is 30.0 Å². The van der Waals surface area contributed by atoms with E-state index in [4.69, 9.17) is 0 Å². The van der Waals surface area contributed by atoms with Gasteiger partial charge >= 0.3 is 0 Å². The molecule has 0 aliphatic heterocycles. The molecular formula is C18H16F3NO2. The van der Waals surface area contributed by atoms with E-state index in [1.165, 1.54) is 0 Å². The normalized spacial score (nSPS) is 19.7. The van der Waals surface area contributed by atoms with E-state index >= 15 is 0 Å². The van der Waals surface area contributed by atoms with Crippen molar-refractivity contribution >= 4 is 5.91 Å². The number of hydrogen-bond acceptors (Lipinski definition) is 2. The summed E-state index contributed by atoms with van der Waals surface area (Å²) < 4.78 is 39.9. The lowest BCUT2D eigenvalue weighted by Gasteiger charge is -2.34. The fourth-order valence-electron chi connectivity index (χ4n) is 3.10. The Morgan fingerprint density at radius 3 is 2.67 bits per heavy atom. The first-order valence-electron chi connectivity index (χ1n) is 7.65. The number of benzene rings is 2. The highest BCUT2D eigenvalue weighted by Crippen LogP contribution is 2.34. The van der Waals surface area contributed by atoms with E-state index in [1.54, 1.807) is 12.1 Å². The number of nitrogens with one attached hydrogen (secondary N) is 1. The van der Waals surface area contributed by atoms with Crippen molar-refractivity contribution in [3.63, 3.8) is 0 Å². The van der Waals surface area contributed by atoms with Gasteiger partial charge in [0.15, 0.2) is 17.5 Å². The summed E-state index contributed by atoms with van der Waals surface area (Å²) in [5, 5.41) is 13.3. The minimum Gasteiger partial charge on any atom is -0.383 e. The molecule has 0 spiro atoms. The van der Waals surface area contributed by atoms with Gasteiger partial charge in [-0.2, -0.15) is 0 Å². The molecule has 2 aromatic rings. The minimum atomic E-state index is -1.69. The standard InChI is InChI=1S/C18H16F3NO2/c19-14-8-7-12(15(20)16(14)21)17(23)22-10-18(24)9-3-5-11-4-1-2-6-13(11)18/h1-2,4,6-8,24H,3,5,9-10H2,(H,22,23). The predicted molar refractivity (Wildman–Crippen MR) is 81.9 cm³/mol. The molecule has 6 heteroatoms. The Labute approximate surface area is 137 Å². The van der Waals surface area contributed by atoms with Crippen molar-refractivity contribution in [3.05, 3.63) is 70.5 Å².